The van der Waals surface area contributed by atoms with Gasteiger partial charge in [0.1, 0.15) is 0 Å². The molecule has 0 unspecified atom stereocenters. The summed E-state index contributed by atoms with van der Waals surface area (Å²) in [5.41, 5.74) is -0.559. The summed E-state index contributed by atoms with van der Waals surface area (Å²) in [5, 5.41) is 0. The maximum absolute atomic E-state index is 13.6. The molecule has 1 aromatic rings. The van der Waals surface area contributed by atoms with Crippen LogP contribution in [0.1, 0.15) is 6.42 Å². The van der Waals surface area contributed by atoms with E-state index in [9.17, 15) is 17.6 Å². The van der Waals surface area contributed by atoms with Gasteiger partial charge in [0.15, 0.2) is 11.6 Å². The lowest BCUT2D eigenvalue weighted by Crippen LogP contribution is -2.33. The molecule has 2 nitrogen and oxygen atoms in total. The molecule has 0 spiro atoms. The lowest BCUT2D eigenvalue weighted by atomic mass is 10.1. The largest absolute Gasteiger partial charge is 0.412 e. The minimum atomic E-state index is -4.29. The molecule has 2 rings (SSSR count). The zero-order valence-electron chi connectivity index (χ0n) is 9.14. The van der Waals surface area contributed by atoms with Crippen LogP contribution >= 0.6 is 15.9 Å². The number of rotatable bonds is 1. The van der Waals surface area contributed by atoms with Gasteiger partial charge in [-0.25, -0.2) is 9.37 Å². The van der Waals surface area contributed by atoms with Crippen molar-refractivity contribution in [1.29, 1.82) is 0 Å². The minimum absolute atomic E-state index is 0.0143. The Morgan fingerprint density at radius 1 is 1.33 bits per heavy atom. The summed E-state index contributed by atoms with van der Waals surface area (Å²) >= 11 is 3.07. The first-order valence-electron chi connectivity index (χ1n) is 5.20. The SMILES string of the molecule is Fc1cc(Br)cnc1N1CC=C(C(F)(F)F)CC1. The molecule has 0 amide bonds. The van der Waals surface area contributed by atoms with Crippen molar-refractivity contribution in [3.05, 3.63) is 34.2 Å². The number of hydrogen-bond acceptors (Lipinski definition) is 2. The molecule has 98 valence electrons. The van der Waals surface area contributed by atoms with Gasteiger partial charge in [-0.3, -0.25) is 0 Å². The van der Waals surface area contributed by atoms with Crippen LogP contribution in [0.3, 0.4) is 0 Å². The maximum atomic E-state index is 13.6. The molecule has 0 atom stereocenters. The average Bonchev–Trinajstić information content (AvgIpc) is 2.28. The molecule has 0 aliphatic carbocycles. The summed E-state index contributed by atoms with van der Waals surface area (Å²) in [5.74, 6) is -0.469. The molecule has 0 saturated heterocycles. The molecule has 18 heavy (non-hydrogen) atoms. The van der Waals surface area contributed by atoms with Crippen molar-refractivity contribution in [2.75, 3.05) is 18.0 Å². The highest BCUT2D eigenvalue weighted by molar-refractivity contribution is 9.10. The topological polar surface area (TPSA) is 16.1 Å². The first-order chi connectivity index (χ1) is 8.38. The zero-order valence-corrected chi connectivity index (χ0v) is 10.7. The molecular formula is C11H9BrF4N2. The monoisotopic (exact) mass is 324 g/mol. The number of aromatic nitrogens is 1. The van der Waals surface area contributed by atoms with Gasteiger partial charge in [0.25, 0.3) is 0 Å². The van der Waals surface area contributed by atoms with E-state index in [4.69, 9.17) is 0 Å². The molecular weight excluding hydrogens is 316 g/mol. The molecule has 1 aliphatic rings. The highest BCUT2D eigenvalue weighted by Crippen LogP contribution is 2.31. The van der Waals surface area contributed by atoms with E-state index in [0.717, 1.165) is 6.08 Å². The molecule has 0 saturated carbocycles. The predicted molar refractivity (Wildman–Crippen MR) is 62.9 cm³/mol. The Morgan fingerprint density at radius 2 is 2.06 bits per heavy atom. The van der Waals surface area contributed by atoms with Crippen LogP contribution in [0.25, 0.3) is 0 Å². The number of anilines is 1. The Morgan fingerprint density at radius 3 is 2.56 bits per heavy atom. The second kappa shape index (κ2) is 4.87. The van der Waals surface area contributed by atoms with E-state index < -0.39 is 17.6 Å². The van der Waals surface area contributed by atoms with E-state index in [0.29, 0.717) is 4.47 Å². The first kappa shape index (κ1) is 13.3. The maximum Gasteiger partial charge on any atom is 0.412 e. The third-order valence-corrected chi connectivity index (χ3v) is 3.09. The van der Waals surface area contributed by atoms with Crippen LogP contribution in [0, 0.1) is 5.82 Å². The van der Waals surface area contributed by atoms with E-state index in [2.05, 4.69) is 20.9 Å². The van der Waals surface area contributed by atoms with Crippen molar-refractivity contribution in [2.24, 2.45) is 0 Å². The highest BCUT2D eigenvalue weighted by atomic mass is 79.9. The van der Waals surface area contributed by atoms with Gasteiger partial charge in [-0.15, -0.1) is 0 Å². The van der Waals surface area contributed by atoms with Gasteiger partial charge in [-0.1, -0.05) is 6.08 Å². The summed E-state index contributed by atoms with van der Waals surface area (Å²) in [6.07, 6.45) is -1.95. The Labute approximate surface area is 109 Å². The fraction of sp³-hybridized carbons (Fsp3) is 0.364. The number of alkyl halides is 3. The third kappa shape index (κ3) is 2.82. The molecule has 1 aliphatic heterocycles. The highest BCUT2D eigenvalue weighted by Gasteiger charge is 2.35. The molecule has 2 heterocycles. The van der Waals surface area contributed by atoms with Gasteiger partial charge in [-0.2, -0.15) is 13.2 Å². The summed E-state index contributed by atoms with van der Waals surface area (Å²) in [6.45, 7) is 0.122. The summed E-state index contributed by atoms with van der Waals surface area (Å²) < 4.78 is 51.3. The van der Waals surface area contributed by atoms with Crippen molar-refractivity contribution < 1.29 is 17.6 Å². The number of hydrogen-bond donors (Lipinski definition) is 0. The quantitative estimate of drug-likeness (QED) is 0.578. The molecule has 1 aromatic heterocycles. The van der Waals surface area contributed by atoms with Crippen LogP contribution in [0.15, 0.2) is 28.4 Å². The lowest BCUT2D eigenvalue weighted by Gasteiger charge is -2.28. The Bertz CT molecular complexity index is 484. The van der Waals surface area contributed by atoms with E-state index in [1.807, 2.05) is 0 Å². The number of nitrogens with zero attached hydrogens (tertiary/aromatic N) is 2. The Kier molecular flexibility index (Phi) is 3.61. The second-order valence-corrected chi connectivity index (χ2v) is 4.80. The van der Waals surface area contributed by atoms with E-state index in [-0.39, 0.29) is 25.3 Å². The van der Waals surface area contributed by atoms with Crippen molar-refractivity contribution in [3.63, 3.8) is 0 Å². The van der Waals surface area contributed by atoms with Gasteiger partial charge in [0.05, 0.1) is 0 Å². The van der Waals surface area contributed by atoms with Crippen molar-refractivity contribution in [3.8, 4) is 0 Å². The van der Waals surface area contributed by atoms with Crippen LogP contribution in [0.2, 0.25) is 0 Å². The molecule has 0 radical (unpaired) electrons. The zero-order chi connectivity index (χ0) is 13.3. The number of halogens is 5. The van der Waals surface area contributed by atoms with Gasteiger partial charge >= 0.3 is 6.18 Å². The fourth-order valence-electron chi connectivity index (χ4n) is 1.76. The van der Waals surface area contributed by atoms with Gasteiger partial charge in [0, 0.05) is 29.3 Å². The molecule has 7 heteroatoms. The first-order valence-corrected chi connectivity index (χ1v) is 5.99. The standard InChI is InChI=1S/C11H9BrF4N2/c12-8-5-9(13)10(17-6-8)18-3-1-7(2-4-18)11(14,15)16/h1,5-6H,2-4H2. The molecule has 0 aromatic carbocycles. The van der Waals surface area contributed by atoms with Gasteiger partial charge in [0.2, 0.25) is 0 Å². The van der Waals surface area contributed by atoms with E-state index in [1.165, 1.54) is 17.2 Å². The molecule has 0 fully saturated rings. The third-order valence-electron chi connectivity index (χ3n) is 2.66. The van der Waals surface area contributed by atoms with Crippen LogP contribution in [-0.2, 0) is 0 Å². The average molecular weight is 325 g/mol. The predicted octanol–water partition coefficient (Wildman–Crippen LogP) is 3.68. The minimum Gasteiger partial charge on any atom is -0.350 e. The summed E-state index contributed by atoms with van der Waals surface area (Å²) in [6, 6.07) is 1.24. The summed E-state index contributed by atoms with van der Waals surface area (Å²) in [7, 11) is 0. The summed E-state index contributed by atoms with van der Waals surface area (Å²) in [4.78, 5) is 5.37. The molecule has 0 N–H and O–H groups in total. The fourth-order valence-corrected chi connectivity index (χ4v) is 2.06. The van der Waals surface area contributed by atoms with E-state index in [1.54, 1.807) is 0 Å². The molecule has 0 bridgehead atoms. The van der Waals surface area contributed by atoms with E-state index >= 15 is 0 Å². The van der Waals surface area contributed by atoms with Crippen molar-refractivity contribution in [1.82, 2.24) is 4.98 Å². The van der Waals surface area contributed by atoms with Crippen LogP contribution < -0.4 is 4.90 Å². The Hall–Kier alpha value is -1.11. The van der Waals surface area contributed by atoms with Crippen LogP contribution in [-0.4, -0.2) is 24.2 Å². The second-order valence-electron chi connectivity index (χ2n) is 3.88. The normalized spacial score (nSPS) is 16.7. The lowest BCUT2D eigenvalue weighted by molar-refractivity contribution is -0.0944. The van der Waals surface area contributed by atoms with Crippen molar-refractivity contribution in [2.45, 2.75) is 12.6 Å². The van der Waals surface area contributed by atoms with Gasteiger partial charge in [-0.05, 0) is 28.4 Å². The van der Waals surface area contributed by atoms with Crippen molar-refractivity contribution >= 4 is 21.7 Å². The van der Waals surface area contributed by atoms with Gasteiger partial charge < -0.3 is 4.90 Å². The smallest absolute Gasteiger partial charge is 0.350 e. The van der Waals surface area contributed by atoms with Crippen LogP contribution in [0.5, 0.6) is 0 Å². The Balaban J connectivity index is 2.17. The number of pyridine rings is 1. The van der Waals surface area contributed by atoms with Crippen LogP contribution in [0.4, 0.5) is 23.4 Å².